The Morgan fingerprint density at radius 2 is 2.33 bits per heavy atom. The van der Waals surface area contributed by atoms with E-state index in [2.05, 4.69) is 15.7 Å². The Morgan fingerprint density at radius 3 is 2.87 bits per heavy atom. The molecule has 0 unspecified atom stereocenters. The van der Waals surface area contributed by atoms with Crippen LogP contribution < -0.4 is 16.6 Å². The molecule has 15 heavy (non-hydrogen) atoms. The van der Waals surface area contributed by atoms with Gasteiger partial charge in [-0.15, -0.1) is 0 Å². The van der Waals surface area contributed by atoms with Gasteiger partial charge in [-0.3, -0.25) is 10.4 Å². The molecule has 0 saturated heterocycles. The van der Waals surface area contributed by atoms with Gasteiger partial charge in [-0.1, -0.05) is 11.6 Å². The summed E-state index contributed by atoms with van der Waals surface area (Å²) in [6.07, 6.45) is 0. The highest BCUT2D eigenvalue weighted by atomic mass is 35.5. The van der Waals surface area contributed by atoms with E-state index in [0.29, 0.717) is 18.2 Å². The van der Waals surface area contributed by atoms with Gasteiger partial charge in [-0.25, -0.2) is 10.2 Å². The van der Waals surface area contributed by atoms with Crippen molar-refractivity contribution >= 4 is 23.2 Å². The third kappa shape index (κ3) is 3.38. The van der Waals surface area contributed by atoms with Crippen LogP contribution in [0.3, 0.4) is 0 Å². The van der Waals surface area contributed by atoms with Crippen molar-refractivity contribution in [2.24, 2.45) is 10.8 Å². The van der Waals surface area contributed by atoms with Gasteiger partial charge in [-0.05, 0) is 25.1 Å². The Kier molecular flexibility index (Phi) is 4.33. The fourth-order valence-electron chi connectivity index (χ4n) is 0.990. The van der Waals surface area contributed by atoms with E-state index in [-0.39, 0.29) is 5.02 Å². The number of nitrogens with zero attached hydrogens (tertiary/aromatic N) is 1. The van der Waals surface area contributed by atoms with Crippen molar-refractivity contribution in [2.45, 2.75) is 6.92 Å². The minimum Gasteiger partial charge on any atom is -0.325 e. The molecule has 0 aromatic heterocycles. The summed E-state index contributed by atoms with van der Waals surface area (Å²) in [6.45, 7) is 2.43. The van der Waals surface area contributed by atoms with Crippen molar-refractivity contribution in [3.05, 3.63) is 29.0 Å². The molecule has 4 N–H and O–H groups in total. The lowest BCUT2D eigenvalue weighted by Crippen LogP contribution is -2.36. The molecule has 0 saturated carbocycles. The van der Waals surface area contributed by atoms with E-state index in [4.69, 9.17) is 17.4 Å². The van der Waals surface area contributed by atoms with Crippen LogP contribution in [0.2, 0.25) is 5.02 Å². The van der Waals surface area contributed by atoms with Crippen molar-refractivity contribution in [3.8, 4) is 0 Å². The van der Waals surface area contributed by atoms with Gasteiger partial charge in [0.25, 0.3) is 0 Å². The number of aliphatic imine (C=N–C) groups is 1. The topological polar surface area (TPSA) is 62.4 Å². The number of hydrogen-bond donors (Lipinski definition) is 3. The van der Waals surface area contributed by atoms with Gasteiger partial charge in [0.2, 0.25) is 5.96 Å². The molecule has 0 atom stereocenters. The van der Waals surface area contributed by atoms with Crippen LogP contribution >= 0.6 is 11.6 Å². The summed E-state index contributed by atoms with van der Waals surface area (Å²) in [4.78, 5) is 4.00. The van der Waals surface area contributed by atoms with Crippen LogP contribution in [0.1, 0.15) is 6.92 Å². The molecule has 0 bridgehead atoms. The van der Waals surface area contributed by atoms with Gasteiger partial charge in [0.1, 0.15) is 5.82 Å². The van der Waals surface area contributed by atoms with Crippen LogP contribution in [-0.4, -0.2) is 12.5 Å². The molecule has 1 rings (SSSR count). The maximum Gasteiger partial charge on any atom is 0.210 e. The molecular formula is C9H12ClFN4. The fourth-order valence-corrected chi connectivity index (χ4v) is 1.11. The summed E-state index contributed by atoms with van der Waals surface area (Å²) in [7, 11) is 0. The molecule has 0 aliphatic carbocycles. The van der Waals surface area contributed by atoms with Gasteiger partial charge in [-0.2, -0.15) is 0 Å². The zero-order chi connectivity index (χ0) is 11.3. The lowest BCUT2D eigenvalue weighted by atomic mass is 10.3. The third-order valence-electron chi connectivity index (χ3n) is 1.64. The number of guanidine groups is 1. The number of hydrazine groups is 1. The smallest absolute Gasteiger partial charge is 0.210 e. The second-order valence-corrected chi connectivity index (χ2v) is 3.13. The first-order chi connectivity index (χ1) is 7.17. The van der Waals surface area contributed by atoms with Crippen molar-refractivity contribution in [1.29, 1.82) is 0 Å². The third-order valence-corrected chi connectivity index (χ3v) is 1.94. The van der Waals surface area contributed by atoms with E-state index < -0.39 is 5.82 Å². The normalized spacial score (nSPS) is 11.3. The summed E-state index contributed by atoms with van der Waals surface area (Å²) in [5.41, 5.74) is 2.90. The Morgan fingerprint density at radius 1 is 1.60 bits per heavy atom. The summed E-state index contributed by atoms with van der Waals surface area (Å²) >= 11 is 5.54. The Balaban J connectivity index is 2.80. The average Bonchev–Trinajstić information content (AvgIpc) is 2.23. The molecule has 1 aromatic carbocycles. The lowest BCUT2D eigenvalue weighted by Gasteiger charge is -2.08. The second-order valence-electron chi connectivity index (χ2n) is 2.72. The minimum absolute atomic E-state index is 0.0789. The van der Waals surface area contributed by atoms with E-state index in [1.807, 2.05) is 6.92 Å². The molecule has 82 valence electrons. The number of halogens is 2. The first-order valence-electron chi connectivity index (χ1n) is 4.40. The molecule has 0 spiro atoms. The van der Waals surface area contributed by atoms with Crippen LogP contribution in [-0.2, 0) is 0 Å². The molecule has 4 nitrogen and oxygen atoms in total. The van der Waals surface area contributed by atoms with Crippen molar-refractivity contribution in [2.75, 3.05) is 11.9 Å². The molecule has 0 radical (unpaired) electrons. The van der Waals surface area contributed by atoms with Gasteiger partial charge >= 0.3 is 0 Å². The summed E-state index contributed by atoms with van der Waals surface area (Å²) in [6, 6.07) is 4.36. The maximum absolute atomic E-state index is 13.1. The molecule has 0 aliphatic heterocycles. The molecule has 0 fully saturated rings. The van der Waals surface area contributed by atoms with E-state index in [0.717, 1.165) is 0 Å². The maximum atomic E-state index is 13.1. The van der Waals surface area contributed by atoms with Gasteiger partial charge in [0.15, 0.2) is 0 Å². The second kappa shape index (κ2) is 5.53. The number of nitrogens with two attached hydrogens (primary N) is 1. The van der Waals surface area contributed by atoms with Gasteiger partial charge in [0.05, 0.1) is 5.02 Å². The van der Waals surface area contributed by atoms with Gasteiger partial charge < -0.3 is 5.32 Å². The Labute approximate surface area is 92.3 Å². The zero-order valence-electron chi connectivity index (χ0n) is 8.22. The molecule has 6 heteroatoms. The number of nitrogens with one attached hydrogen (secondary N) is 2. The van der Waals surface area contributed by atoms with Crippen LogP contribution in [0, 0.1) is 5.82 Å². The Hall–Kier alpha value is -1.33. The predicted molar refractivity (Wildman–Crippen MR) is 60.3 cm³/mol. The summed E-state index contributed by atoms with van der Waals surface area (Å²) in [5, 5.41) is 2.89. The number of rotatable bonds is 2. The summed E-state index contributed by atoms with van der Waals surface area (Å²) in [5.74, 6) is 5.09. The fraction of sp³-hybridized carbons (Fsp3) is 0.222. The van der Waals surface area contributed by atoms with E-state index >= 15 is 0 Å². The van der Waals surface area contributed by atoms with E-state index in [9.17, 15) is 4.39 Å². The highest BCUT2D eigenvalue weighted by molar-refractivity contribution is 6.30. The van der Waals surface area contributed by atoms with Crippen LogP contribution in [0.15, 0.2) is 23.2 Å². The minimum atomic E-state index is -0.491. The molecular weight excluding hydrogens is 219 g/mol. The number of benzene rings is 1. The van der Waals surface area contributed by atoms with Crippen molar-refractivity contribution < 1.29 is 4.39 Å². The largest absolute Gasteiger partial charge is 0.325 e. The monoisotopic (exact) mass is 230 g/mol. The molecule has 0 heterocycles. The van der Waals surface area contributed by atoms with E-state index in [1.165, 1.54) is 12.1 Å². The lowest BCUT2D eigenvalue weighted by molar-refractivity contribution is 0.629. The first kappa shape index (κ1) is 11.7. The van der Waals surface area contributed by atoms with Crippen molar-refractivity contribution in [3.63, 3.8) is 0 Å². The van der Waals surface area contributed by atoms with Gasteiger partial charge in [0, 0.05) is 12.2 Å². The number of anilines is 1. The first-order valence-corrected chi connectivity index (χ1v) is 4.78. The SMILES string of the molecule is CCN=C(NN)Nc1ccc(Cl)c(F)c1. The predicted octanol–water partition coefficient (Wildman–Crippen LogP) is 1.73. The van der Waals surface area contributed by atoms with Crippen LogP contribution in [0.5, 0.6) is 0 Å². The Bertz CT molecular complexity index is 367. The standard InChI is InChI=1S/C9H12ClFN4/c1-2-13-9(15-12)14-6-3-4-7(10)8(11)5-6/h3-5H,2,12H2,1H3,(H2,13,14,15). The summed E-state index contributed by atoms with van der Waals surface area (Å²) < 4.78 is 13.1. The molecule has 0 amide bonds. The van der Waals surface area contributed by atoms with Crippen LogP contribution in [0.25, 0.3) is 0 Å². The highest BCUT2D eigenvalue weighted by Gasteiger charge is 2.02. The highest BCUT2D eigenvalue weighted by Crippen LogP contribution is 2.18. The van der Waals surface area contributed by atoms with Crippen LogP contribution in [0.4, 0.5) is 10.1 Å². The molecule has 0 aliphatic rings. The van der Waals surface area contributed by atoms with E-state index in [1.54, 1.807) is 6.07 Å². The van der Waals surface area contributed by atoms with Crippen molar-refractivity contribution in [1.82, 2.24) is 5.43 Å². The zero-order valence-corrected chi connectivity index (χ0v) is 8.98. The quantitative estimate of drug-likeness (QED) is 0.314. The average molecular weight is 231 g/mol. The molecule has 1 aromatic rings. The number of hydrogen-bond acceptors (Lipinski definition) is 2.